The summed E-state index contributed by atoms with van der Waals surface area (Å²) < 4.78 is 1.93. The summed E-state index contributed by atoms with van der Waals surface area (Å²) >= 11 is 12.5. The van der Waals surface area contributed by atoms with Gasteiger partial charge in [-0.3, -0.25) is 0 Å². The molecule has 0 saturated heterocycles. The number of carboxylic acids is 1. The van der Waals surface area contributed by atoms with Gasteiger partial charge in [-0.25, -0.2) is 4.79 Å². The summed E-state index contributed by atoms with van der Waals surface area (Å²) in [5, 5.41) is 10.3. The Morgan fingerprint density at radius 1 is 1.00 bits per heavy atom. The van der Waals surface area contributed by atoms with Gasteiger partial charge in [0.15, 0.2) is 0 Å². The molecular formula is C19H15Cl2NO2. The van der Waals surface area contributed by atoms with Crippen LogP contribution in [0.5, 0.6) is 0 Å². The van der Waals surface area contributed by atoms with Crippen LogP contribution in [0.4, 0.5) is 0 Å². The van der Waals surface area contributed by atoms with E-state index in [-0.39, 0.29) is 0 Å². The number of aromatic nitrogens is 1. The van der Waals surface area contributed by atoms with E-state index in [0.29, 0.717) is 21.3 Å². The third-order valence-corrected chi connectivity index (χ3v) is 4.87. The van der Waals surface area contributed by atoms with Crippen molar-refractivity contribution in [1.82, 2.24) is 4.57 Å². The fraction of sp³-hybridized carbons (Fsp3) is 0.105. The molecular weight excluding hydrogens is 345 g/mol. The molecule has 24 heavy (non-hydrogen) atoms. The minimum atomic E-state index is -0.937. The monoisotopic (exact) mass is 359 g/mol. The molecule has 0 unspecified atom stereocenters. The lowest BCUT2D eigenvalue weighted by Gasteiger charge is -2.16. The highest BCUT2D eigenvalue weighted by Gasteiger charge is 2.19. The van der Waals surface area contributed by atoms with Gasteiger partial charge in [-0.15, -0.1) is 0 Å². The number of para-hydroxylation sites is 1. The Morgan fingerprint density at radius 2 is 1.67 bits per heavy atom. The number of hydrogen-bond donors (Lipinski definition) is 1. The zero-order valence-corrected chi connectivity index (χ0v) is 14.7. The molecule has 3 nitrogen and oxygen atoms in total. The van der Waals surface area contributed by atoms with Crippen LogP contribution in [0.3, 0.4) is 0 Å². The Labute approximate surface area is 150 Å². The van der Waals surface area contributed by atoms with Crippen molar-refractivity contribution < 1.29 is 9.90 Å². The molecule has 1 heterocycles. The fourth-order valence-corrected chi connectivity index (χ4v) is 3.36. The Morgan fingerprint density at radius 3 is 2.33 bits per heavy atom. The topological polar surface area (TPSA) is 42.2 Å². The molecule has 0 aliphatic heterocycles. The Bertz CT molecular complexity index is 945. The molecule has 1 N–H and O–H groups in total. The van der Waals surface area contributed by atoms with E-state index in [2.05, 4.69) is 0 Å². The van der Waals surface area contributed by atoms with E-state index in [1.165, 1.54) is 0 Å². The first-order valence-corrected chi connectivity index (χ1v) is 8.13. The van der Waals surface area contributed by atoms with Crippen LogP contribution in [0.25, 0.3) is 16.8 Å². The number of benzene rings is 2. The number of hydrogen-bond acceptors (Lipinski definition) is 1. The number of aromatic carboxylic acids is 1. The van der Waals surface area contributed by atoms with Crippen LogP contribution in [-0.2, 0) is 0 Å². The molecule has 5 heteroatoms. The standard InChI is InChI=1S/C19H15Cl2NO2/c1-11-10-15(19(23)24)12(2)22(11)17-9-4-3-6-13(17)14-7-5-8-16(20)18(14)21/h3-10H,1-2H3,(H,23,24). The quantitative estimate of drug-likeness (QED) is 0.645. The van der Waals surface area contributed by atoms with Gasteiger partial charge in [-0.1, -0.05) is 53.5 Å². The maximum absolute atomic E-state index is 11.4. The molecule has 3 aromatic rings. The highest BCUT2D eigenvalue weighted by molar-refractivity contribution is 6.43. The van der Waals surface area contributed by atoms with Crippen LogP contribution in [0.1, 0.15) is 21.7 Å². The number of carbonyl (C=O) groups is 1. The summed E-state index contributed by atoms with van der Waals surface area (Å²) in [5.74, 6) is -0.937. The smallest absolute Gasteiger partial charge is 0.337 e. The molecule has 0 spiro atoms. The minimum Gasteiger partial charge on any atom is -0.478 e. The molecule has 0 fully saturated rings. The summed E-state index contributed by atoms with van der Waals surface area (Å²) in [5.41, 5.74) is 4.37. The first-order valence-electron chi connectivity index (χ1n) is 7.38. The van der Waals surface area contributed by atoms with E-state index in [4.69, 9.17) is 23.2 Å². The van der Waals surface area contributed by atoms with Gasteiger partial charge in [-0.2, -0.15) is 0 Å². The maximum atomic E-state index is 11.4. The van der Waals surface area contributed by atoms with Crippen LogP contribution in [0, 0.1) is 13.8 Å². The molecule has 122 valence electrons. The van der Waals surface area contributed by atoms with Gasteiger partial charge in [0.25, 0.3) is 0 Å². The van der Waals surface area contributed by atoms with E-state index in [0.717, 1.165) is 22.5 Å². The minimum absolute atomic E-state index is 0.291. The SMILES string of the molecule is Cc1cc(C(=O)O)c(C)n1-c1ccccc1-c1cccc(Cl)c1Cl. The summed E-state index contributed by atoms with van der Waals surface area (Å²) in [4.78, 5) is 11.4. The molecule has 0 amide bonds. The number of aryl methyl sites for hydroxylation is 1. The lowest BCUT2D eigenvalue weighted by molar-refractivity contribution is 0.0696. The van der Waals surface area contributed by atoms with Crippen LogP contribution in [0.15, 0.2) is 48.5 Å². The van der Waals surface area contributed by atoms with Gasteiger partial charge in [0.2, 0.25) is 0 Å². The lowest BCUT2D eigenvalue weighted by Crippen LogP contribution is -2.04. The fourth-order valence-electron chi connectivity index (χ4n) is 2.96. The van der Waals surface area contributed by atoms with Gasteiger partial charge >= 0.3 is 5.97 Å². The number of carboxylic acid groups (broad SMARTS) is 1. The van der Waals surface area contributed by atoms with Crippen LogP contribution in [0.2, 0.25) is 10.0 Å². The Hall–Kier alpha value is -2.23. The number of halogens is 2. The summed E-state index contributed by atoms with van der Waals surface area (Å²) in [6, 6.07) is 14.9. The van der Waals surface area contributed by atoms with Crippen LogP contribution < -0.4 is 0 Å². The normalized spacial score (nSPS) is 10.8. The summed E-state index contributed by atoms with van der Waals surface area (Å²) in [7, 11) is 0. The maximum Gasteiger partial charge on any atom is 0.337 e. The van der Waals surface area contributed by atoms with Crippen molar-refractivity contribution in [3.8, 4) is 16.8 Å². The predicted octanol–water partition coefficient (Wildman–Crippen LogP) is 5.77. The van der Waals surface area contributed by atoms with Gasteiger partial charge in [0.1, 0.15) is 0 Å². The van der Waals surface area contributed by atoms with E-state index in [1.54, 1.807) is 19.1 Å². The van der Waals surface area contributed by atoms with Gasteiger partial charge in [0.05, 0.1) is 21.3 Å². The van der Waals surface area contributed by atoms with Crippen molar-refractivity contribution >= 4 is 29.2 Å². The van der Waals surface area contributed by atoms with Gasteiger partial charge in [-0.05, 0) is 32.0 Å². The van der Waals surface area contributed by atoms with Crippen molar-refractivity contribution in [1.29, 1.82) is 0 Å². The molecule has 0 aliphatic carbocycles. The first-order chi connectivity index (χ1) is 11.4. The summed E-state index contributed by atoms with van der Waals surface area (Å²) in [6.45, 7) is 3.68. The van der Waals surface area contributed by atoms with Crippen LogP contribution in [-0.4, -0.2) is 15.6 Å². The molecule has 1 aromatic heterocycles. The molecule has 3 rings (SSSR count). The van der Waals surface area contributed by atoms with Crippen molar-refractivity contribution in [2.75, 3.05) is 0 Å². The van der Waals surface area contributed by atoms with Crippen molar-refractivity contribution in [2.45, 2.75) is 13.8 Å². The second kappa shape index (κ2) is 6.34. The van der Waals surface area contributed by atoms with Gasteiger partial charge < -0.3 is 9.67 Å². The van der Waals surface area contributed by atoms with Crippen molar-refractivity contribution in [3.05, 3.63) is 75.5 Å². The van der Waals surface area contributed by atoms with E-state index < -0.39 is 5.97 Å². The predicted molar refractivity (Wildman–Crippen MR) is 97.7 cm³/mol. The molecule has 0 aliphatic rings. The van der Waals surface area contributed by atoms with Crippen molar-refractivity contribution in [3.63, 3.8) is 0 Å². The molecule has 2 aromatic carbocycles. The summed E-state index contributed by atoms with van der Waals surface area (Å²) in [6.07, 6.45) is 0. The average molecular weight is 360 g/mol. The van der Waals surface area contributed by atoms with E-state index >= 15 is 0 Å². The molecule has 0 radical (unpaired) electrons. The highest BCUT2D eigenvalue weighted by atomic mass is 35.5. The number of nitrogens with zero attached hydrogens (tertiary/aromatic N) is 1. The highest BCUT2D eigenvalue weighted by Crippen LogP contribution is 2.37. The largest absolute Gasteiger partial charge is 0.478 e. The van der Waals surface area contributed by atoms with E-state index in [1.807, 2.05) is 47.9 Å². The van der Waals surface area contributed by atoms with Gasteiger partial charge in [0, 0.05) is 22.5 Å². The zero-order valence-electron chi connectivity index (χ0n) is 13.2. The Kier molecular flexibility index (Phi) is 4.39. The second-order valence-electron chi connectivity index (χ2n) is 5.54. The number of rotatable bonds is 3. The van der Waals surface area contributed by atoms with E-state index in [9.17, 15) is 9.90 Å². The third kappa shape index (κ3) is 2.70. The second-order valence-corrected chi connectivity index (χ2v) is 6.33. The molecule has 0 bridgehead atoms. The third-order valence-electron chi connectivity index (χ3n) is 4.05. The molecule has 0 atom stereocenters. The Balaban J connectivity index is 2.29. The molecule has 0 saturated carbocycles. The first kappa shape index (κ1) is 16.6. The van der Waals surface area contributed by atoms with Crippen LogP contribution >= 0.6 is 23.2 Å². The van der Waals surface area contributed by atoms with Crippen molar-refractivity contribution in [2.24, 2.45) is 0 Å². The average Bonchev–Trinajstić information content (AvgIpc) is 2.85. The zero-order chi connectivity index (χ0) is 17.4. The lowest BCUT2D eigenvalue weighted by atomic mass is 10.0.